The van der Waals surface area contributed by atoms with Crippen molar-refractivity contribution in [2.45, 2.75) is 0 Å². The van der Waals surface area contributed by atoms with Gasteiger partial charge in [-0.3, -0.25) is 0 Å². The third kappa shape index (κ3) is 5.02. The maximum Gasteiger partial charge on any atom is 0.00277 e. The molecular weight excluding hydrogens is 98.1 g/mol. The highest BCUT2D eigenvalue weighted by Crippen LogP contribution is 1.73. The highest BCUT2D eigenvalue weighted by molar-refractivity contribution is 5.07. The van der Waals surface area contributed by atoms with Gasteiger partial charge in [-0.05, 0) is 12.3 Å². The smallest absolute Gasteiger partial charge is 0.00277 e. The number of hydrogen-bond donors (Lipinski definition) is 1. The van der Waals surface area contributed by atoms with Crippen LogP contribution in [-0.2, 0) is 0 Å². The SMILES string of the molecule is C=C/C=C\C=C/NC. The van der Waals surface area contributed by atoms with Crippen molar-refractivity contribution in [1.29, 1.82) is 0 Å². The van der Waals surface area contributed by atoms with Crippen molar-refractivity contribution in [2.24, 2.45) is 0 Å². The molecule has 0 aromatic carbocycles. The summed E-state index contributed by atoms with van der Waals surface area (Å²) in [5.41, 5.74) is 0. The van der Waals surface area contributed by atoms with Crippen LogP contribution in [0.1, 0.15) is 0 Å². The lowest BCUT2D eigenvalue weighted by atomic mass is 10.5. The molecule has 1 N–H and O–H groups in total. The quantitative estimate of drug-likeness (QED) is 0.541. The molecule has 0 saturated carbocycles. The van der Waals surface area contributed by atoms with E-state index in [0.717, 1.165) is 0 Å². The summed E-state index contributed by atoms with van der Waals surface area (Å²) in [7, 11) is 1.86. The second kappa shape index (κ2) is 6.02. The molecule has 0 unspecified atom stereocenters. The van der Waals surface area contributed by atoms with Crippen molar-refractivity contribution in [3.63, 3.8) is 0 Å². The summed E-state index contributed by atoms with van der Waals surface area (Å²) in [6, 6.07) is 0. The van der Waals surface area contributed by atoms with Crippen molar-refractivity contribution in [2.75, 3.05) is 7.05 Å². The first-order valence-corrected chi connectivity index (χ1v) is 2.53. The largest absolute Gasteiger partial charge is 0.394 e. The Kier molecular flexibility index (Phi) is 5.28. The van der Waals surface area contributed by atoms with Crippen LogP contribution in [0.25, 0.3) is 0 Å². The normalized spacial score (nSPS) is 10.6. The topological polar surface area (TPSA) is 12.0 Å². The van der Waals surface area contributed by atoms with Crippen molar-refractivity contribution in [3.8, 4) is 0 Å². The number of allylic oxidation sites excluding steroid dienone is 4. The van der Waals surface area contributed by atoms with Gasteiger partial charge >= 0.3 is 0 Å². The minimum atomic E-state index is 1.74. The van der Waals surface area contributed by atoms with Crippen LogP contribution < -0.4 is 5.32 Å². The van der Waals surface area contributed by atoms with Crippen LogP contribution in [0, 0.1) is 0 Å². The zero-order valence-electron chi connectivity index (χ0n) is 5.09. The number of nitrogens with one attached hydrogen (secondary N) is 1. The van der Waals surface area contributed by atoms with Gasteiger partial charge in [0.2, 0.25) is 0 Å². The maximum atomic E-state index is 3.52. The summed E-state index contributed by atoms with van der Waals surface area (Å²) in [5.74, 6) is 0. The van der Waals surface area contributed by atoms with Gasteiger partial charge in [-0.1, -0.05) is 24.8 Å². The average Bonchev–Trinajstić information content (AvgIpc) is 1.81. The molecule has 0 saturated heterocycles. The molecule has 44 valence electrons. The maximum absolute atomic E-state index is 3.52. The predicted molar refractivity (Wildman–Crippen MR) is 37.5 cm³/mol. The van der Waals surface area contributed by atoms with Gasteiger partial charge in [0.05, 0.1) is 0 Å². The lowest BCUT2D eigenvalue weighted by Gasteiger charge is -1.77. The third-order valence-electron chi connectivity index (χ3n) is 0.621. The fourth-order valence-corrected chi connectivity index (χ4v) is 0.294. The minimum Gasteiger partial charge on any atom is -0.394 e. The van der Waals surface area contributed by atoms with Gasteiger partial charge in [0.25, 0.3) is 0 Å². The molecule has 0 aliphatic carbocycles. The molecule has 0 heterocycles. The highest BCUT2D eigenvalue weighted by Gasteiger charge is 1.56. The predicted octanol–water partition coefficient (Wildman–Crippen LogP) is 1.46. The molecule has 0 radical (unpaired) electrons. The van der Waals surface area contributed by atoms with Crippen LogP contribution in [0.4, 0.5) is 0 Å². The van der Waals surface area contributed by atoms with Crippen LogP contribution in [-0.4, -0.2) is 7.05 Å². The fraction of sp³-hybridized carbons (Fsp3) is 0.143. The van der Waals surface area contributed by atoms with Crippen LogP contribution in [0.3, 0.4) is 0 Å². The first-order chi connectivity index (χ1) is 3.91. The molecule has 0 aliphatic heterocycles. The van der Waals surface area contributed by atoms with Crippen molar-refractivity contribution in [1.82, 2.24) is 5.32 Å². The van der Waals surface area contributed by atoms with E-state index in [4.69, 9.17) is 0 Å². The lowest BCUT2D eigenvalue weighted by Crippen LogP contribution is -1.89. The molecule has 1 nitrogen and oxygen atoms in total. The molecule has 0 aliphatic rings. The second-order valence-corrected chi connectivity index (χ2v) is 1.27. The number of hydrogen-bond acceptors (Lipinski definition) is 1. The van der Waals surface area contributed by atoms with Crippen LogP contribution in [0.2, 0.25) is 0 Å². The van der Waals surface area contributed by atoms with E-state index >= 15 is 0 Å². The molecule has 0 atom stereocenters. The Labute approximate surface area is 50.4 Å². The van der Waals surface area contributed by atoms with E-state index in [1.54, 1.807) is 6.08 Å². The van der Waals surface area contributed by atoms with Gasteiger partial charge in [0, 0.05) is 7.05 Å². The van der Waals surface area contributed by atoms with E-state index in [1.807, 2.05) is 31.5 Å². The summed E-state index contributed by atoms with van der Waals surface area (Å²) >= 11 is 0. The molecule has 0 aromatic rings. The van der Waals surface area contributed by atoms with Gasteiger partial charge in [-0.25, -0.2) is 0 Å². The first-order valence-electron chi connectivity index (χ1n) is 2.53. The van der Waals surface area contributed by atoms with E-state index in [9.17, 15) is 0 Å². The van der Waals surface area contributed by atoms with Crippen LogP contribution >= 0.6 is 0 Å². The van der Waals surface area contributed by atoms with Gasteiger partial charge in [0.15, 0.2) is 0 Å². The van der Waals surface area contributed by atoms with Crippen LogP contribution in [0.5, 0.6) is 0 Å². The van der Waals surface area contributed by atoms with Gasteiger partial charge in [-0.15, -0.1) is 0 Å². The monoisotopic (exact) mass is 109 g/mol. The molecule has 8 heavy (non-hydrogen) atoms. The molecule has 0 rings (SSSR count). The highest BCUT2D eigenvalue weighted by atomic mass is 14.8. The zero-order valence-corrected chi connectivity index (χ0v) is 5.09. The number of rotatable bonds is 3. The molecule has 0 bridgehead atoms. The van der Waals surface area contributed by atoms with E-state index in [-0.39, 0.29) is 0 Å². The van der Waals surface area contributed by atoms with Crippen molar-refractivity contribution in [3.05, 3.63) is 37.1 Å². The summed E-state index contributed by atoms with van der Waals surface area (Å²) in [6.07, 6.45) is 9.26. The first kappa shape index (κ1) is 7.02. The van der Waals surface area contributed by atoms with E-state index in [1.165, 1.54) is 0 Å². The third-order valence-corrected chi connectivity index (χ3v) is 0.621. The Morgan fingerprint density at radius 1 is 1.25 bits per heavy atom. The molecule has 0 fully saturated rings. The second-order valence-electron chi connectivity index (χ2n) is 1.27. The Bertz CT molecular complexity index is 101. The minimum absolute atomic E-state index is 1.74. The molecular formula is C7H11N. The van der Waals surface area contributed by atoms with Gasteiger partial charge in [0.1, 0.15) is 0 Å². The summed E-state index contributed by atoms with van der Waals surface area (Å²) in [4.78, 5) is 0. The molecule has 1 heteroatoms. The molecule has 0 amide bonds. The Balaban J connectivity index is 3.26. The van der Waals surface area contributed by atoms with Gasteiger partial charge in [-0.2, -0.15) is 0 Å². The van der Waals surface area contributed by atoms with Crippen LogP contribution in [0.15, 0.2) is 37.1 Å². The summed E-state index contributed by atoms with van der Waals surface area (Å²) in [5, 5.41) is 2.86. The fourth-order valence-electron chi connectivity index (χ4n) is 0.294. The Morgan fingerprint density at radius 3 is 2.50 bits per heavy atom. The molecule has 0 spiro atoms. The van der Waals surface area contributed by atoms with E-state index in [2.05, 4.69) is 11.9 Å². The Morgan fingerprint density at radius 2 is 2.00 bits per heavy atom. The van der Waals surface area contributed by atoms with Gasteiger partial charge < -0.3 is 5.32 Å². The molecule has 0 aromatic heterocycles. The standard InChI is InChI=1S/C7H11N/c1-3-4-5-6-7-8-2/h3-8H,1H2,2H3/b5-4-,7-6-. The van der Waals surface area contributed by atoms with Crippen molar-refractivity contribution >= 4 is 0 Å². The van der Waals surface area contributed by atoms with E-state index < -0.39 is 0 Å². The van der Waals surface area contributed by atoms with E-state index in [0.29, 0.717) is 0 Å². The average molecular weight is 109 g/mol. The summed E-state index contributed by atoms with van der Waals surface area (Å²) in [6.45, 7) is 3.52. The lowest BCUT2D eigenvalue weighted by molar-refractivity contribution is 1.10. The summed E-state index contributed by atoms with van der Waals surface area (Å²) < 4.78 is 0. The Hall–Kier alpha value is -0.980. The zero-order chi connectivity index (χ0) is 6.24. The van der Waals surface area contributed by atoms with Crippen molar-refractivity contribution < 1.29 is 0 Å².